The maximum absolute atomic E-state index is 13.4. The van der Waals surface area contributed by atoms with E-state index in [1.807, 2.05) is 66.1 Å². The lowest BCUT2D eigenvalue weighted by Gasteiger charge is -2.26. The third-order valence-corrected chi connectivity index (χ3v) is 9.92. The fraction of sp³-hybridized carbons (Fsp3) is 0.323. The summed E-state index contributed by atoms with van der Waals surface area (Å²) >= 11 is 1.27. The molecule has 1 aliphatic heterocycles. The quantitative estimate of drug-likeness (QED) is 0.230. The van der Waals surface area contributed by atoms with Gasteiger partial charge >= 0.3 is 0 Å². The molecule has 1 saturated heterocycles. The molecule has 1 N–H and O–H groups in total. The Balaban J connectivity index is 1.40. The number of sulfonamides is 1. The van der Waals surface area contributed by atoms with E-state index in [4.69, 9.17) is 4.74 Å². The maximum Gasteiger partial charge on any atom is 0.243 e. The first-order valence-electron chi connectivity index (χ1n) is 14.1. The Morgan fingerprint density at radius 3 is 2.45 bits per heavy atom. The minimum absolute atomic E-state index is 0.132. The van der Waals surface area contributed by atoms with Gasteiger partial charge in [-0.15, -0.1) is 10.2 Å². The first kappa shape index (κ1) is 30.0. The number of para-hydroxylation sites is 1. The number of thioether (sulfide) groups is 1. The monoisotopic (exact) mass is 605 g/mol. The summed E-state index contributed by atoms with van der Waals surface area (Å²) < 4.78 is 35.5. The standard InChI is InChI=1S/C31H35N5O4S2/c1-3-4-8-24-12-14-25(15-13-24)32-29(37)22-41-31-34-33-30(36(31)26-9-6-5-7-10-26)28-21-27(16-11-23(28)2)42(38,39)35-17-19-40-20-18-35/h5-7,9-16,21H,3-4,8,17-20,22H2,1-2H3,(H,32,37). The highest BCUT2D eigenvalue weighted by Crippen LogP contribution is 2.32. The SMILES string of the molecule is CCCCc1ccc(NC(=O)CSc2nnc(-c3cc(S(=O)(=O)N4CCOCC4)ccc3C)n2-c2ccccc2)cc1. The predicted octanol–water partition coefficient (Wildman–Crippen LogP) is 5.34. The summed E-state index contributed by atoms with van der Waals surface area (Å²) in [7, 11) is -3.70. The van der Waals surface area contributed by atoms with E-state index in [0.29, 0.717) is 42.8 Å². The molecule has 4 aromatic rings. The Morgan fingerprint density at radius 1 is 1.00 bits per heavy atom. The number of aromatic nitrogens is 3. The van der Waals surface area contributed by atoms with Gasteiger partial charge in [-0.2, -0.15) is 4.31 Å². The van der Waals surface area contributed by atoms with E-state index in [-0.39, 0.29) is 16.6 Å². The summed E-state index contributed by atoms with van der Waals surface area (Å²) in [4.78, 5) is 13.1. The summed E-state index contributed by atoms with van der Waals surface area (Å²) in [6.07, 6.45) is 3.31. The molecule has 0 aliphatic carbocycles. The molecule has 2 heterocycles. The number of amides is 1. The lowest BCUT2D eigenvalue weighted by atomic mass is 10.1. The van der Waals surface area contributed by atoms with Gasteiger partial charge in [-0.1, -0.05) is 61.5 Å². The van der Waals surface area contributed by atoms with Gasteiger partial charge in [-0.25, -0.2) is 8.42 Å². The highest BCUT2D eigenvalue weighted by molar-refractivity contribution is 7.99. The number of nitrogens with zero attached hydrogens (tertiary/aromatic N) is 4. The Morgan fingerprint density at radius 2 is 1.74 bits per heavy atom. The van der Waals surface area contributed by atoms with Gasteiger partial charge in [0.2, 0.25) is 15.9 Å². The van der Waals surface area contributed by atoms with Crippen molar-refractivity contribution in [1.29, 1.82) is 0 Å². The summed E-state index contributed by atoms with van der Waals surface area (Å²) in [6.45, 7) is 5.47. The number of nitrogens with one attached hydrogen (secondary N) is 1. The molecule has 42 heavy (non-hydrogen) atoms. The number of unbranched alkanes of at least 4 members (excludes halogenated alkanes) is 1. The van der Waals surface area contributed by atoms with Gasteiger partial charge in [-0.3, -0.25) is 9.36 Å². The molecule has 0 unspecified atom stereocenters. The minimum Gasteiger partial charge on any atom is -0.379 e. The molecule has 220 valence electrons. The van der Waals surface area contributed by atoms with E-state index in [2.05, 4.69) is 22.4 Å². The molecule has 9 nitrogen and oxygen atoms in total. The van der Waals surface area contributed by atoms with Crippen molar-refractivity contribution < 1.29 is 17.9 Å². The highest BCUT2D eigenvalue weighted by Gasteiger charge is 2.28. The molecule has 0 saturated carbocycles. The van der Waals surface area contributed by atoms with Crippen LogP contribution in [0.15, 0.2) is 82.8 Å². The zero-order valence-corrected chi connectivity index (χ0v) is 25.5. The molecular formula is C31H35N5O4S2. The van der Waals surface area contributed by atoms with Crippen molar-refractivity contribution in [2.75, 3.05) is 37.4 Å². The molecule has 0 bridgehead atoms. The normalized spacial score (nSPS) is 14.1. The van der Waals surface area contributed by atoms with Crippen LogP contribution in [-0.4, -0.2) is 65.5 Å². The molecule has 0 spiro atoms. The van der Waals surface area contributed by atoms with Gasteiger partial charge in [-0.05, 0) is 67.3 Å². The molecule has 1 aromatic heterocycles. The van der Waals surface area contributed by atoms with Gasteiger partial charge in [0.25, 0.3) is 0 Å². The van der Waals surface area contributed by atoms with Crippen LogP contribution in [0.2, 0.25) is 0 Å². The Labute approximate surface area is 251 Å². The van der Waals surface area contributed by atoms with Gasteiger partial charge in [0.15, 0.2) is 11.0 Å². The van der Waals surface area contributed by atoms with Crippen LogP contribution in [0.1, 0.15) is 30.9 Å². The number of carbonyl (C=O) groups is 1. The summed E-state index contributed by atoms with van der Waals surface area (Å²) in [5.41, 5.74) is 4.33. The third kappa shape index (κ3) is 6.92. The fourth-order valence-electron chi connectivity index (χ4n) is 4.75. The highest BCUT2D eigenvalue weighted by atomic mass is 32.2. The van der Waals surface area contributed by atoms with Crippen molar-refractivity contribution in [3.8, 4) is 17.1 Å². The minimum atomic E-state index is -3.70. The van der Waals surface area contributed by atoms with Crippen LogP contribution in [0.25, 0.3) is 17.1 Å². The van der Waals surface area contributed by atoms with Gasteiger partial charge in [0.1, 0.15) is 0 Å². The van der Waals surface area contributed by atoms with Crippen molar-refractivity contribution in [3.63, 3.8) is 0 Å². The number of carbonyl (C=O) groups excluding carboxylic acids is 1. The van der Waals surface area contributed by atoms with Crippen molar-refractivity contribution in [2.24, 2.45) is 0 Å². The van der Waals surface area contributed by atoms with Crippen LogP contribution >= 0.6 is 11.8 Å². The predicted molar refractivity (Wildman–Crippen MR) is 166 cm³/mol. The lowest BCUT2D eigenvalue weighted by molar-refractivity contribution is -0.113. The number of rotatable bonds is 11. The van der Waals surface area contributed by atoms with E-state index in [1.54, 1.807) is 18.2 Å². The van der Waals surface area contributed by atoms with Crippen LogP contribution in [-0.2, 0) is 26.0 Å². The van der Waals surface area contributed by atoms with Gasteiger partial charge in [0.05, 0.1) is 23.9 Å². The second kappa shape index (κ2) is 13.6. The van der Waals surface area contributed by atoms with E-state index < -0.39 is 10.0 Å². The van der Waals surface area contributed by atoms with Crippen LogP contribution in [0, 0.1) is 6.92 Å². The molecular weight excluding hydrogens is 571 g/mol. The fourth-order valence-corrected chi connectivity index (χ4v) is 6.94. The van der Waals surface area contributed by atoms with Crippen LogP contribution in [0.5, 0.6) is 0 Å². The van der Waals surface area contributed by atoms with Crippen molar-refractivity contribution in [1.82, 2.24) is 19.1 Å². The topological polar surface area (TPSA) is 106 Å². The van der Waals surface area contributed by atoms with E-state index in [9.17, 15) is 13.2 Å². The lowest BCUT2D eigenvalue weighted by Crippen LogP contribution is -2.40. The molecule has 1 amide bonds. The molecule has 3 aromatic carbocycles. The average molecular weight is 606 g/mol. The van der Waals surface area contributed by atoms with E-state index >= 15 is 0 Å². The van der Waals surface area contributed by atoms with Gasteiger partial charge in [0, 0.05) is 30.0 Å². The first-order valence-corrected chi connectivity index (χ1v) is 16.5. The molecule has 0 radical (unpaired) electrons. The zero-order valence-electron chi connectivity index (χ0n) is 23.8. The molecule has 5 rings (SSSR count). The molecule has 1 fully saturated rings. The van der Waals surface area contributed by atoms with Crippen LogP contribution in [0.4, 0.5) is 5.69 Å². The third-order valence-electron chi connectivity index (χ3n) is 7.09. The van der Waals surface area contributed by atoms with E-state index in [1.165, 1.54) is 21.6 Å². The first-order chi connectivity index (χ1) is 20.4. The second-order valence-electron chi connectivity index (χ2n) is 10.1. The second-order valence-corrected chi connectivity index (χ2v) is 13.0. The number of aryl methyl sites for hydroxylation is 2. The Bertz CT molecular complexity index is 1620. The van der Waals surface area contributed by atoms with Crippen molar-refractivity contribution in [2.45, 2.75) is 43.2 Å². The van der Waals surface area contributed by atoms with Crippen molar-refractivity contribution >= 4 is 33.4 Å². The number of benzene rings is 3. The number of anilines is 1. The molecule has 11 heteroatoms. The van der Waals surface area contributed by atoms with E-state index in [0.717, 1.165) is 36.2 Å². The maximum atomic E-state index is 13.4. The summed E-state index contributed by atoms with van der Waals surface area (Å²) in [6, 6.07) is 22.6. The number of morpholine rings is 1. The van der Waals surface area contributed by atoms with Crippen LogP contribution < -0.4 is 5.32 Å². The number of ether oxygens (including phenoxy) is 1. The number of hydrogen-bond acceptors (Lipinski definition) is 7. The Hall–Kier alpha value is -3.51. The van der Waals surface area contributed by atoms with Crippen molar-refractivity contribution in [3.05, 3.63) is 83.9 Å². The summed E-state index contributed by atoms with van der Waals surface area (Å²) in [5, 5.41) is 12.4. The molecule has 0 atom stereocenters. The van der Waals surface area contributed by atoms with Crippen LogP contribution in [0.3, 0.4) is 0 Å². The molecule has 1 aliphatic rings. The Kier molecular flexibility index (Phi) is 9.73. The summed E-state index contributed by atoms with van der Waals surface area (Å²) in [5.74, 6) is 0.482. The smallest absolute Gasteiger partial charge is 0.243 e. The average Bonchev–Trinajstić information content (AvgIpc) is 3.44. The number of hydrogen-bond donors (Lipinski definition) is 1. The van der Waals surface area contributed by atoms with Gasteiger partial charge < -0.3 is 10.1 Å². The largest absolute Gasteiger partial charge is 0.379 e. The zero-order chi connectivity index (χ0) is 29.5.